The van der Waals surface area contributed by atoms with E-state index < -0.39 is 5.60 Å². The first-order valence-corrected chi connectivity index (χ1v) is 4.32. The summed E-state index contributed by atoms with van der Waals surface area (Å²) in [7, 11) is 0. The minimum absolute atomic E-state index is 0.257. The number of aliphatic hydroxyl groups excluding tert-OH is 1. The maximum atomic E-state index is 10.0. The number of aliphatic hydroxyl groups is 2. The molecule has 0 aliphatic carbocycles. The van der Waals surface area contributed by atoms with Gasteiger partial charge in [-0.2, -0.15) is 0 Å². The Morgan fingerprint density at radius 1 is 1.38 bits per heavy atom. The summed E-state index contributed by atoms with van der Waals surface area (Å²) in [6.45, 7) is 0.196. The normalized spacial score (nSPS) is 26.3. The third-order valence-corrected chi connectivity index (χ3v) is 2.42. The standard InChI is InChI=1S/C10H12O3/c11-7-10(12)5-6-13-9-4-2-1-3-8(9)10/h1-4,11-12H,5-7H2. The summed E-state index contributed by atoms with van der Waals surface area (Å²) in [5, 5.41) is 19.1. The maximum absolute atomic E-state index is 10.0. The maximum Gasteiger partial charge on any atom is 0.125 e. The second kappa shape index (κ2) is 3.01. The van der Waals surface area contributed by atoms with Crippen LogP contribution in [0, 0.1) is 0 Å². The molecule has 3 heteroatoms. The van der Waals surface area contributed by atoms with E-state index in [1.54, 1.807) is 12.1 Å². The topological polar surface area (TPSA) is 49.7 Å². The fraction of sp³-hybridized carbons (Fsp3) is 0.400. The molecule has 0 spiro atoms. The Kier molecular flexibility index (Phi) is 1.98. The molecular formula is C10H12O3. The van der Waals surface area contributed by atoms with E-state index in [0.717, 1.165) is 0 Å². The molecule has 0 saturated carbocycles. The van der Waals surface area contributed by atoms with E-state index in [-0.39, 0.29) is 6.61 Å². The van der Waals surface area contributed by atoms with E-state index in [2.05, 4.69) is 0 Å². The summed E-state index contributed by atoms with van der Waals surface area (Å²) in [6, 6.07) is 7.26. The third-order valence-electron chi connectivity index (χ3n) is 2.42. The fourth-order valence-electron chi connectivity index (χ4n) is 1.61. The summed E-state index contributed by atoms with van der Waals surface area (Å²) in [5.41, 5.74) is -0.432. The molecule has 13 heavy (non-hydrogen) atoms. The van der Waals surface area contributed by atoms with E-state index in [4.69, 9.17) is 9.84 Å². The van der Waals surface area contributed by atoms with Gasteiger partial charge in [0.1, 0.15) is 11.4 Å². The van der Waals surface area contributed by atoms with Crippen molar-refractivity contribution >= 4 is 0 Å². The number of ether oxygens (including phenoxy) is 1. The van der Waals surface area contributed by atoms with Crippen molar-refractivity contribution in [2.75, 3.05) is 13.2 Å². The first-order valence-electron chi connectivity index (χ1n) is 4.32. The number of hydrogen-bond acceptors (Lipinski definition) is 3. The summed E-state index contributed by atoms with van der Waals surface area (Å²) in [6.07, 6.45) is 0.445. The molecule has 1 aromatic carbocycles. The van der Waals surface area contributed by atoms with Crippen LogP contribution in [0.25, 0.3) is 0 Å². The Balaban J connectivity index is 2.48. The van der Waals surface area contributed by atoms with Gasteiger partial charge in [-0.25, -0.2) is 0 Å². The average molecular weight is 180 g/mol. The largest absolute Gasteiger partial charge is 0.493 e. The molecule has 2 rings (SSSR count). The van der Waals surface area contributed by atoms with Crippen LogP contribution in [0.2, 0.25) is 0 Å². The summed E-state index contributed by atoms with van der Waals surface area (Å²) in [4.78, 5) is 0. The highest BCUT2D eigenvalue weighted by Gasteiger charge is 2.34. The Labute approximate surface area is 76.6 Å². The quantitative estimate of drug-likeness (QED) is 0.667. The Bertz CT molecular complexity index is 311. The van der Waals surface area contributed by atoms with Crippen LogP contribution in [0.3, 0.4) is 0 Å². The number of hydrogen-bond donors (Lipinski definition) is 2. The molecule has 1 heterocycles. The smallest absolute Gasteiger partial charge is 0.125 e. The lowest BCUT2D eigenvalue weighted by Crippen LogP contribution is -2.36. The van der Waals surface area contributed by atoms with Crippen molar-refractivity contribution in [3.63, 3.8) is 0 Å². The van der Waals surface area contributed by atoms with Crippen LogP contribution < -0.4 is 4.74 Å². The lowest BCUT2D eigenvalue weighted by molar-refractivity contribution is -0.0475. The molecule has 0 bridgehead atoms. The molecule has 2 N–H and O–H groups in total. The van der Waals surface area contributed by atoms with Crippen molar-refractivity contribution in [1.82, 2.24) is 0 Å². The lowest BCUT2D eigenvalue weighted by atomic mass is 9.89. The van der Waals surface area contributed by atoms with E-state index in [1.165, 1.54) is 0 Å². The highest BCUT2D eigenvalue weighted by molar-refractivity contribution is 5.39. The zero-order valence-corrected chi connectivity index (χ0v) is 7.23. The number of benzene rings is 1. The molecule has 1 atom stereocenters. The molecule has 0 radical (unpaired) electrons. The predicted molar refractivity (Wildman–Crippen MR) is 47.5 cm³/mol. The van der Waals surface area contributed by atoms with E-state index in [1.807, 2.05) is 12.1 Å². The Morgan fingerprint density at radius 2 is 2.15 bits per heavy atom. The predicted octanol–water partition coefficient (Wildman–Crippen LogP) is 0.649. The Hall–Kier alpha value is -1.06. The fourth-order valence-corrected chi connectivity index (χ4v) is 1.61. The third kappa shape index (κ3) is 1.30. The van der Waals surface area contributed by atoms with Crippen LogP contribution in [-0.4, -0.2) is 23.4 Å². The van der Waals surface area contributed by atoms with Crippen molar-refractivity contribution in [1.29, 1.82) is 0 Å². The van der Waals surface area contributed by atoms with Gasteiger partial charge in [0.15, 0.2) is 0 Å². The summed E-state index contributed by atoms with van der Waals surface area (Å²) >= 11 is 0. The van der Waals surface area contributed by atoms with Gasteiger partial charge in [0, 0.05) is 12.0 Å². The van der Waals surface area contributed by atoms with Crippen molar-refractivity contribution < 1.29 is 14.9 Å². The van der Waals surface area contributed by atoms with Crippen LogP contribution in [0.5, 0.6) is 5.75 Å². The lowest BCUT2D eigenvalue weighted by Gasteiger charge is -2.32. The molecule has 1 aromatic rings. The molecule has 70 valence electrons. The van der Waals surface area contributed by atoms with Gasteiger partial charge in [0.05, 0.1) is 13.2 Å². The monoisotopic (exact) mass is 180 g/mol. The van der Waals surface area contributed by atoms with E-state index in [9.17, 15) is 5.11 Å². The molecule has 1 aliphatic rings. The number of para-hydroxylation sites is 1. The molecule has 1 unspecified atom stereocenters. The Morgan fingerprint density at radius 3 is 2.92 bits per heavy atom. The van der Waals surface area contributed by atoms with Gasteiger partial charge < -0.3 is 14.9 Å². The second-order valence-corrected chi connectivity index (χ2v) is 3.28. The van der Waals surface area contributed by atoms with Gasteiger partial charge in [0.25, 0.3) is 0 Å². The molecule has 0 fully saturated rings. The van der Waals surface area contributed by atoms with Crippen molar-refractivity contribution in [2.24, 2.45) is 0 Å². The van der Waals surface area contributed by atoms with Gasteiger partial charge in [-0.3, -0.25) is 0 Å². The van der Waals surface area contributed by atoms with Crippen molar-refractivity contribution in [2.45, 2.75) is 12.0 Å². The molecule has 1 aliphatic heterocycles. The van der Waals surface area contributed by atoms with Crippen LogP contribution in [0.1, 0.15) is 12.0 Å². The zero-order valence-electron chi connectivity index (χ0n) is 7.23. The van der Waals surface area contributed by atoms with Gasteiger partial charge in [-0.1, -0.05) is 18.2 Å². The summed E-state index contributed by atoms with van der Waals surface area (Å²) in [5.74, 6) is 0.672. The minimum Gasteiger partial charge on any atom is -0.493 e. The zero-order chi connectivity index (χ0) is 9.31. The van der Waals surface area contributed by atoms with Crippen LogP contribution in [-0.2, 0) is 5.60 Å². The van der Waals surface area contributed by atoms with E-state index in [0.29, 0.717) is 24.3 Å². The number of rotatable bonds is 1. The van der Waals surface area contributed by atoms with Gasteiger partial charge >= 0.3 is 0 Å². The molecule has 0 aromatic heterocycles. The van der Waals surface area contributed by atoms with Crippen LogP contribution in [0.15, 0.2) is 24.3 Å². The first kappa shape index (κ1) is 8.53. The van der Waals surface area contributed by atoms with Crippen molar-refractivity contribution in [3.05, 3.63) is 29.8 Å². The van der Waals surface area contributed by atoms with Crippen LogP contribution in [0.4, 0.5) is 0 Å². The van der Waals surface area contributed by atoms with Gasteiger partial charge in [-0.15, -0.1) is 0 Å². The molecule has 0 amide bonds. The molecule has 0 saturated heterocycles. The highest BCUT2D eigenvalue weighted by atomic mass is 16.5. The molecular weight excluding hydrogens is 168 g/mol. The van der Waals surface area contributed by atoms with Crippen LogP contribution >= 0.6 is 0 Å². The van der Waals surface area contributed by atoms with Gasteiger partial charge in [-0.05, 0) is 6.07 Å². The average Bonchev–Trinajstić information content (AvgIpc) is 2.19. The second-order valence-electron chi connectivity index (χ2n) is 3.28. The van der Waals surface area contributed by atoms with Gasteiger partial charge in [0.2, 0.25) is 0 Å². The minimum atomic E-state index is -1.12. The number of fused-ring (bicyclic) bond motifs is 1. The molecule has 3 nitrogen and oxygen atoms in total. The SMILES string of the molecule is OCC1(O)CCOc2ccccc21. The highest BCUT2D eigenvalue weighted by Crippen LogP contribution is 2.35. The van der Waals surface area contributed by atoms with Crippen molar-refractivity contribution in [3.8, 4) is 5.75 Å². The summed E-state index contributed by atoms with van der Waals surface area (Å²) < 4.78 is 5.35. The first-order chi connectivity index (χ1) is 6.26. The van der Waals surface area contributed by atoms with E-state index >= 15 is 0 Å².